The Labute approximate surface area is 66.4 Å². The van der Waals surface area contributed by atoms with Crippen molar-refractivity contribution in [2.45, 2.75) is 47.1 Å². The van der Waals surface area contributed by atoms with Crippen LogP contribution < -0.4 is 0 Å². The quantitative estimate of drug-likeness (QED) is 0.588. The summed E-state index contributed by atoms with van der Waals surface area (Å²) in [6, 6.07) is 0.801. The average Bonchev–Trinajstić information content (AvgIpc) is 1.90. The highest BCUT2D eigenvalue weighted by atomic mass is 15.1. The molecule has 0 N–H and O–H groups in total. The molecular weight excluding hydrogens is 122 g/mol. The third-order valence-corrected chi connectivity index (χ3v) is 2.06. The monoisotopic (exact) mass is 145 g/mol. The van der Waals surface area contributed by atoms with Crippen molar-refractivity contribution in [1.82, 2.24) is 4.90 Å². The second-order valence-corrected chi connectivity index (χ2v) is 2.54. The van der Waals surface area contributed by atoms with E-state index in [9.17, 15) is 0 Å². The summed E-state index contributed by atoms with van der Waals surface area (Å²) in [5, 5.41) is 0. The van der Waals surface area contributed by atoms with E-state index in [0.29, 0.717) is 0 Å². The summed E-state index contributed by atoms with van der Waals surface area (Å²) in [7, 11) is 2.19. The van der Waals surface area contributed by atoms with Gasteiger partial charge in [0.15, 0.2) is 0 Å². The predicted molar refractivity (Wildman–Crippen MR) is 49.4 cm³/mol. The average molecular weight is 145 g/mol. The Morgan fingerprint density at radius 2 is 1.50 bits per heavy atom. The third kappa shape index (κ3) is 3.89. The number of hydrogen-bond donors (Lipinski definition) is 0. The summed E-state index contributed by atoms with van der Waals surface area (Å²) >= 11 is 0. The van der Waals surface area contributed by atoms with Crippen LogP contribution in [0.25, 0.3) is 0 Å². The number of nitrogens with zero attached hydrogens (tertiary/aromatic N) is 1. The fraction of sp³-hybridized carbons (Fsp3) is 1.00. The normalized spacial score (nSPS) is 10.2. The smallest absolute Gasteiger partial charge is 0.00868 e. The van der Waals surface area contributed by atoms with Crippen molar-refractivity contribution < 1.29 is 0 Å². The van der Waals surface area contributed by atoms with Crippen LogP contribution in [0.5, 0.6) is 0 Å². The zero-order valence-electron chi connectivity index (χ0n) is 7.15. The van der Waals surface area contributed by atoms with Crippen molar-refractivity contribution in [2.24, 2.45) is 0 Å². The van der Waals surface area contributed by atoms with Crippen LogP contribution in [0.3, 0.4) is 0 Å². The first-order valence-electron chi connectivity index (χ1n) is 3.96. The molecule has 0 saturated carbocycles. The lowest BCUT2D eigenvalue weighted by Crippen LogP contribution is -2.29. The van der Waals surface area contributed by atoms with Crippen LogP contribution in [0, 0.1) is 0 Å². The molecule has 0 fully saturated rings. The Morgan fingerprint density at radius 3 is 1.60 bits per heavy atom. The van der Waals surface area contributed by atoms with Gasteiger partial charge in [-0.25, -0.2) is 0 Å². The van der Waals surface area contributed by atoms with Gasteiger partial charge in [0.25, 0.3) is 0 Å². The predicted octanol–water partition coefficient (Wildman–Crippen LogP) is 2.76. The van der Waals surface area contributed by atoms with Crippen molar-refractivity contribution in [3.8, 4) is 0 Å². The molecule has 0 aromatic rings. The molecule has 0 amide bonds. The largest absolute Gasteiger partial charge is 0.304 e. The molecule has 0 spiro atoms. The second kappa shape index (κ2) is 7.07. The lowest BCUT2D eigenvalue weighted by Gasteiger charge is -2.23. The molecule has 0 heterocycles. The lowest BCUT2D eigenvalue weighted by atomic mass is 10.1. The lowest BCUT2D eigenvalue weighted by molar-refractivity contribution is 0.241. The minimum absolute atomic E-state index is 0. The molecule has 0 saturated heterocycles. The fourth-order valence-corrected chi connectivity index (χ4v) is 1.17. The van der Waals surface area contributed by atoms with E-state index in [0.717, 1.165) is 6.04 Å². The molecule has 10 heavy (non-hydrogen) atoms. The summed E-state index contributed by atoms with van der Waals surface area (Å²) in [6.07, 6.45) is 2.56. The van der Waals surface area contributed by atoms with Gasteiger partial charge >= 0.3 is 0 Å². The standard InChI is InChI=1S/C8H19N.CH4/c1-5-8(6-2)9(4)7-3;/h8H,5-7H2,1-4H3;1H4. The van der Waals surface area contributed by atoms with Gasteiger partial charge < -0.3 is 4.90 Å². The van der Waals surface area contributed by atoms with E-state index >= 15 is 0 Å². The first kappa shape index (κ1) is 12.6. The Morgan fingerprint density at radius 1 is 1.10 bits per heavy atom. The van der Waals surface area contributed by atoms with Crippen molar-refractivity contribution in [3.05, 3.63) is 0 Å². The molecule has 0 unspecified atom stereocenters. The number of rotatable bonds is 4. The molecule has 0 aromatic heterocycles. The molecule has 1 heteroatoms. The van der Waals surface area contributed by atoms with Crippen LogP contribution in [0.1, 0.15) is 41.0 Å². The van der Waals surface area contributed by atoms with Gasteiger partial charge in [0, 0.05) is 6.04 Å². The summed E-state index contributed by atoms with van der Waals surface area (Å²) < 4.78 is 0. The first-order chi connectivity index (χ1) is 4.26. The van der Waals surface area contributed by atoms with Crippen LogP contribution in [0.15, 0.2) is 0 Å². The van der Waals surface area contributed by atoms with Gasteiger partial charge in [0.2, 0.25) is 0 Å². The van der Waals surface area contributed by atoms with Gasteiger partial charge in [-0.05, 0) is 26.4 Å². The van der Waals surface area contributed by atoms with Crippen LogP contribution in [0.2, 0.25) is 0 Å². The molecular formula is C9H23N. The van der Waals surface area contributed by atoms with Crippen molar-refractivity contribution >= 4 is 0 Å². The maximum absolute atomic E-state index is 2.40. The fourth-order valence-electron chi connectivity index (χ4n) is 1.17. The maximum Gasteiger partial charge on any atom is 0.00868 e. The van der Waals surface area contributed by atoms with E-state index in [1.807, 2.05) is 0 Å². The van der Waals surface area contributed by atoms with Gasteiger partial charge in [-0.15, -0.1) is 0 Å². The SMILES string of the molecule is C.CCC(CC)N(C)CC. The summed E-state index contributed by atoms with van der Waals surface area (Å²) in [6.45, 7) is 7.88. The molecule has 0 rings (SSSR count). The first-order valence-corrected chi connectivity index (χ1v) is 3.96. The molecule has 0 aliphatic rings. The van der Waals surface area contributed by atoms with Crippen LogP contribution >= 0.6 is 0 Å². The highest BCUT2D eigenvalue weighted by Gasteiger charge is 2.06. The highest BCUT2D eigenvalue weighted by Crippen LogP contribution is 2.03. The van der Waals surface area contributed by atoms with Gasteiger partial charge in [0.05, 0.1) is 0 Å². The third-order valence-electron chi connectivity index (χ3n) is 2.06. The summed E-state index contributed by atoms with van der Waals surface area (Å²) in [5.41, 5.74) is 0. The van der Waals surface area contributed by atoms with Crippen molar-refractivity contribution in [1.29, 1.82) is 0 Å². The van der Waals surface area contributed by atoms with E-state index < -0.39 is 0 Å². The zero-order chi connectivity index (χ0) is 7.28. The Bertz CT molecular complexity index is 57.7. The zero-order valence-corrected chi connectivity index (χ0v) is 7.15. The van der Waals surface area contributed by atoms with Crippen molar-refractivity contribution in [2.75, 3.05) is 13.6 Å². The molecule has 1 nitrogen and oxygen atoms in total. The van der Waals surface area contributed by atoms with Gasteiger partial charge in [-0.1, -0.05) is 28.2 Å². The number of hydrogen-bond acceptors (Lipinski definition) is 1. The minimum Gasteiger partial charge on any atom is -0.304 e. The maximum atomic E-state index is 2.40. The van der Waals surface area contributed by atoms with Crippen LogP contribution in [-0.4, -0.2) is 24.5 Å². The molecule has 0 aliphatic heterocycles. The van der Waals surface area contributed by atoms with Gasteiger partial charge in [0.1, 0.15) is 0 Å². The van der Waals surface area contributed by atoms with E-state index in [1.54, 1.807) is 0 Å². The molecule has 0 bridgehead atoms. The molecule has 0 aromatic carbocycles. The summed E-state index contributed by atoms with van der Waals surface area (Å²) in [4.78, 5) is 2.40. The Kier molecular flexibility index (Phi) is 8.92. The van der Waals surface area contributed by atoms with E-state index in [4.69, 9.17) is 0 Å². The highest BCUT2D eigenvalue weighted by molar-refractivity contribution is 4.62. The van der Waals surface area contributed by atoms with E-state index in [2.05, 4.69) is 32.7 Å². The van der Waals surface area contributed by atoms with Gasteiger partial charge in [-0.3, -0.25) is 0 Å². The van der Waals surface area contributed by atoms with Crippen LogP contribution in [-0.2, 0) is 0 Å². The Balaban J connectivity index is 0. The molecule has 0 aliphatic carbocycles. The van der Waals surface area contributed by atoms with E-state index in [-0.39, 0.29) is 7.43 Å². The topological polar surface area (TPSA) is 3.24 Å². The van der Waals surface area contributed by atoms with Crippen LogP contribution in [0.4, 0.5) is 0 Å². The molecule has 0 radical (unpaired) electrons. The molecule has 64 valence electrons. The summed E-state index contributed by atoms with van der Waals surface area (Å²) in [5.74, 6) is 0. The molecule has 0 atom stereocenters. The second-order valence-electron chi connectivity index (χ2n) is 2.54. The van der Waals surface area contributed by atoms with Crippen molar-refractivity contribution in [3.63, 3.8) is 0 Å². The van der Waals surface area contributed by atoms with E-state index in [1.165, 1.54) is 19.4 Å². The Hall–Kier alpha value is -0.0400. The minimum atomic E-state index is 0. The van der Waals surface area contributed by atoms with Gasteiger partial charge in [-0.2, -0.15) is 0 Å².